The molecular formula is C126H77N9O3. The van der Waals surface area contributed by atoms with Crippen molar-refractivity contribution < 1.29 is 13.3 Å². The van der Waals surface area contributed by atoms with Gasteiger partial charge in [0.1, 0.15) is 33.5 Å². The van der Waals surface area contributed by atoms with Gasteiger partial charge in [0.15, 0.2) is 17.5 Å². The molecule has 29 aromatic rings. The van der Waals surface area contributed by atoms with E-state index in [1.54, 1.807) is 0 Å². The van der Waals surface area contributed by atoms with Crippen LogP contribution in [0, 0.1) is 0 Å². The molecule has 0 atom stereocenters. The molecule has 644 valence electrons. The first-order chi connectivity index (χ1) is 68.4. The number of nitrogens with zero attached hydrogens (tertiary/aromatic N) is 9. The lowest BCUT2D eigenvalue weighted by Crippen LogP contribution is -1.98. The Morgan fingerprint density at radius 2 is 0.457 bits per heavy atom. The van der Waals surface area contributed by atoms with Gasteiger partial charge in [-0.1, -0.05) is 322 Å². The van der Waals surface area contributed by atoms with E-state index in [9.17, 15) is 0 Å². The van der Waals surface area contributed by atoms with Crippen LogP contribution in [0.2, 0.25) is 0 Å². The zero-order valence-electron chi connectivity index (χ0n) is 74.2. The molecule has 0 aliphatic rings. The van der Waals surface area contributed by atoms with Crippen LogP contribution in [0.15, 0.2) is 480 Å². The second kappa shape index (κ2) is 32.6. The van der Waals surface area contributed by atoms with Crippen LogP contribution in [-0.4, -0.2) is 43.6 Å². The minimum Gasteiger partial charge on any atom is -0.455 e. The Labute approximate surface area is 789 Å². The molecule has 12 nitrogen and oxygen atoms in total. The monoisotopic (exact) mass is 1760 g/mol. The molecule has 0 amide bonds. The van der Waals surface area contributed by atoms with Crippen molar-refractivity contribution in [3.05, 3.63) is 467 Å². The SMILES string of the molecule is c1ccc(-c2nc(-c3cccc(-c4ccc5c(c4)c4ccccc4n5-c4ccccc4)c3)nc3ccc4c5ccccc5oc4c23)cc1.c1ccc(-c2nc(-c3cccc(-c4cccc5c4c4ccccc4n5-c4ccccc4)c3)nc3ccc4c5ccccc5oc4c23)cc1.c1ccc(-c2nc(-c3cccc(-n4c5ccccc5c5ccccc54)c3)nc3ccc4c5ccccc5oc4c23)cc1. The maximum atomic E-state index is 6.48. The van der Waals surface area contributed by atoms with Gasteiger partial charge in [0.05, 0.1) is 82.9 Å². The topological polar surface area (TPSA) is 132 Å². The van der Waals surface area contributed by atoms with Crippen molar-refractivity contribution in [1.82, 2.24) is 43.6 Å². The van der Waals surface area contributed by atoms with Gasteiger partial charge in [-0.25, -0.2) is 29.9 Å². The summed E-state index contributed by atoms with van der Waals surface area (Å²) in [5, 5.41) is 16.6. The summed E-state index contributed by atoms with van der Waals surface area (Å²) in [5.41, 5.74) is 31.1. The summed E-state index contributed by atoms with van der Waals surface area (Å²) in [6.45, 7) is 0. The first-order valence-corrected chi connectivity index (χ1v) is 46.4. The normalized spacial score (nSPS) is 11.8. The highest BCUT2D eigenvalue weighted by Crippen LogP contribution is 2.47. The van der Waals surface area contributed by atoms with E-state index in [1.165, 1.54) is 71.0 Å². The summed E-state index contributed by atoms with van der Waals surface area (Å²) in [5.74, 6) is 2.04. The van der Waals surface area contributed by atoms with Crippen LogP contribution in [0.4, 0.5) is 0 Å². The van der Waals surface area contributed by atoms with Crippen LogP contribution in [-0.2, 0) is 0 Å². The van der Waals surface area contributed by atoms with Gasteiger partial charge in [-0.05, 0) is 168 Å². The quantitative estimate of drug-likeness (QED) is 0.124. The minimum absolute atomic E-state index is 0.678. The third-order valence-corrected chi connectivity index (χ3v) is 27.0. The van der Waals surface area contributed by atoms with E-state index in [2.05, 4.69) is 384 Å². The first kappa shape index (κ1) is 79.0. The lowest BCUT2D eigenvalue weighted by atomic mass is 9.97. The predicted molar refractivity (Wildman–Crippen MR) is 567 cm³/mol. The number of aromatic nitrogens is 9. The molecule has 0 saturated carbocycles. The highest BCUT2D eigenvalue weighted by Gasteiger charge is 2.26. The summed E-state index contributed by atoms with van der Waals surface area (Å²) in [6, 6.07) is 163. The smallest absolute Gasteiger partial charge is 0.160 e. The molecule has 29 rings (SSSR count). The first-order valence-electron chi connectivity index (χ1n) is 46.4. The van der Waals surface area contributed by atoms with Crippen molar-refractivity contribution in [1.29, 1.82) is 0 Å². The molecule has 12 heteroatoms. The van der Waals surface area contributed by atoms with E-state index in [1.807, 2.05) is 97.1 Å². The molecule has 0 spiro atoms. The lowest BCUT2D eigenvalue weighted by molar-refractivity contribution is 0.672. The number of hydrogen-bond acceptors (Lipinski definition) is 9. The van der Waals surface area contributed by atoms with Crippen molar-refractivity contribution in [2.24, 2.45) is 0 Å². The van der Waals surface area contributed by atoms with Crippen LogP contribution >= 0.6 is 0 Å². The Morgan fingerprint density at radius 3 is 0.906 bits per heavy atom. The third kappa shape index (κ3) is 13.2. The standard InChI is InChI=1S/2C44H27N3O.C38H23N3O/c1-3-13-28(14-4-1)42-41-36(26-25-34-33-19-8-10-24-39(33)48-43(34)41)45-44(46-42)30-16-11-15-29(27-30)32-21-12-23-38-40(32)35-20-7-9-22-37(35)47(38)31-17-5-2-6-18-31;1-3-12-28(13-4-1)42-41-37(24-23-35-34-19-8-10-21-40(34)48-43(35)41)45-44(46-42)31-15-11-14-29(26-31)30-22-25-39-36(27-30)33-18-7-9-20-38(33)47(39)32-16-5-2-6-17-32;1-2-11-24(12-3-1)36-35-31(22-21-30-29-17-6-9-20-34(29)42-37(30)35)39-38(40-36)25-13-10-14-26(23-25)41-32-18-7-4-15-27(32)28-16-5-8-19-33(28)41/h2*1-27H;1-23H. The molecule has 20 aromatic carbocycles. The number of para-hydroxylation sites is 9. The predicted octanol–water partition coefficient (Wildman–Crippen LogP) is 33.2. The molecule has 0 aliphatic carbocycles. The molecule has 0 radical (unpaired) electrons. The fourth-order valence-electron chi connectivity index (χ4n) is 20.8. The number of furan rings is 3. The Bertz CT molecular complexity index is 9880. The fraction of sp³-hybridized carbons (Fsp3) is 0. The number of benzene rings is 20. The summed E-state index contributed by atoms with van der Waals surface area (Å²) in [6.07, 6.45) is 0. The molecule has 0 N–H and O–H groups in total. The molecule has 0 bridgehead atoms. The summed E-state index contributed by atoms with van der Waals surface area (Å²) < 4.78 is 26.4. The number of fused-ring (bicyclic) bond motifs is 24. The van der Waals surface area contributed by atoms with Gasteiger partial charge in [-0.3, -0.25) is 0 Å². The van der Waals surface area contributed by atoms with Crippen LogP contribution in [0.25, 0.3) is 271 Å². The van der Waals surface area contributed by atoms with Crippen molar-refractivity contribution in [3.8, 4) is 107 Å². The van der Waals surface area contributed by atoms with Crippen LogP contribution in [0.5, 0.6) is 0 Å². The van der Waals surface area contributed by atoms with Crippen LogP contribution in [0.1, 0.15) is 0 Å². The van der Waals surface area contributed by atoms with Gasteiger partial charge in [0, 0.05) is 115 Å². The Balaban J connectivity index is 0.000000105. The second-order valence-electron chi connectivity index (χ2n) is 35.0. The highest BCUT2D eigenvalue weighted by atomic mass is 16.3. The van der Waals surface area contributed by atoms with Crippen molar-refractivity contribution >= 4 is 164 Å². The van der Waals surface area contributed by atoms with Crippen molar-refractivity contribution in [2.45, 2.75) is 0 Å². The van der Waals surface area contributed by atoms with E-state index in [0.717, 1.165) is 183 Å². The number of hydrogen-bond donors (Lipinski definition) is 0. The van der Waals surface area contributed by atoms with E-state index in [-0.39, 0.29) is 0 Å². The van der Waals surface area contributed by atoms with E-state index in [0.29, 0.717) is 17.5 Å². The van der Waals surface area contributed by atoms with Gasteiger partial charge in [0.2, 0.25) is 0 Å². The van der Waals surface area contributed by atoms with Crippen LogP contribution in [0.3, 0.4) is 0 Å². The lowest BCUT2D eigenvalue weighted by Gasteiger charge is -2.12. The molecule has 0 aliphatic heterocycles. The van der Waals surface area contributed by atoms with E-state index in [4.69, 9.17) is 43.2 Å². The average Bonchev–Trinajstić information content (AvgIpc) is 1.51. The molecule has 0 saturated heterocycles. The highest BCUT2D eigenvalue weighted by molar-refractivity contribution is 6.22. The van der Waals surface area contributed by atoms with E-state index >= 15 is 0 Å². The molecule has 0 unspecified atom stereocenters. The van der Waals surface area contributed by atoms with Gasteiger partial charge in [-0.2, -0.15) is 0 Å². The fourth-order valence-corrected chi connectivity index (χ4v) is 20.8. The van der Waals surface area contributed by atoms with Gasteiger partial charge >= 0.3 is 0 Å². The maximum Gasteiger partial charge on any atom is 0.160 e. The minimum atomic E-state index is 0.678. The van der Waals surface area contributed by atoms with Crippen LogP contribution < -0.4 is 0 Å². The number of rotatable bonds is 11. The van der Waals surface area contributed by atoms with Crippen molar-refractivity contribution in [2.75, 3.05) is 0 Å². The third-order valence-electron chi connectivity index (χ3n) is 27.0. The van der Waals surface area contributed by atoms with Gasteiger partial charge < -0.3 is 27.0 Å². The molecule has 9 heterocycles. The Kier molecular flexibility index (Phi) is 18.7. The zero-order valence-corrected chi connectivity index (χ0v) is 74.2. The Hall–Kier alpha value is -18.8. The molecular weight excluding hydrogens is 1690 g/mol. The van der Waals surface area contributed by atoms with Gasteiger partial charge in [0.25, 0.3) is 0 Å². The largest absolute Gasteiger partial charge is 0.455 e. The molecule has 0 fully saturated rings. The Morgan fingerprint density at radius 1 is 0.159 bits per heavy atom. The van der Waals surface area contributed by atoms with E-state index < -0.39 is 0 Å². The summed E-state index contributed by atoms with van der Waals surface area (Å²) >= 11 is 0. The van der Waals surface area contributed by atoms with Crippen molar-refractivity contribution in [3.63, 3.8) is 0 Å². The zero-order chi connectivity index (χ0) is 90.8. The summed E-state index contributed by atoms with van der Waals surface area (Å²) in [7, 11) is 0. The molecule has 138 heavy (non-hydrogen) atoms. The average molecular weight is 1770 g/mol. The second-order valence-corrected chi connectivity index (χ2v) is 35.0. The maximum absolute atomic E-state index is 6.48. The van der Waals surface area contributed by atoms with Gasteiger partial charge in [-0.15, -0.1) is 0 Å². The molecule has 9 aromatic heterocycles. The summed E-state index contributed by atoms with van der Waals surface area (Å²) in [4.78, 5) is 31.2.